The van der Waals surface area contributed by atoms with Gasteiger partial charge in [0, 0.05) is 18.7 Å². The molecule has 2 aromatic rings. The zero-order valence-electron chi connectivity index (χ0n) is 10.7. The number of aromatic carboxylic acids is 1. The Morgan fingerprint density at radius 2 is 2.19 bits per heavy atom. The van der Waals surface area contributed by atoms with Crippen LogP contribution >= 0.6 is 0 Å². The minimum absolute atomic E-state index is 0.146. The van der Waals surface area contributed by atoms with Crippen molar-refractivity contribution in [3.05, 3.63) is 41.8 Å². The molecule has 0 aliphatic carbocycles. The fraction of sp³-hybridized carbons (Fsp3) is 0.167. The maximum Gasteiger partial charge on any atom is 0.338 e. The van der Waals surface area contributed by atoms with E-state index in [-0.39, 0.29) is 12.2 Å². The molecule has 0 atom stereocenters. The van der Waals surface area contributed by atoms with Crippen LogP contribution in [0.2, 0.25) is 0 Å². The number of amides is 2. The topological polar surface area (TPSA) is 117 Å². The molecule has 21 heavy (non-hydrogen) atoms. The van der Waals surface area contributed by atoms with Gasteiger partial charge in [0.25, 0.3) is 0 Å². The second-order valence-electron chi connectivity index (χ2n) is 3.97. The number of anilines is 1. The normalized spacial score (nSPS) is 10.1. The maximum absolute atomic E-state index is 13.4. The average Bonchev–Trinajstić information content (AvgIpc) is 2.91. The first-order valence-electron chi connectivity index (χ1n) is 5.89. The molecule has 0 fully saturated rings. The highest BCUT2D eigenvalue weighted by atomic mass is 19.1. The van der Waals surface area contributed by atoms with Crippen LogP contribution in [-0.2, 0) is 6.42 Å². The number of hydrogen-bond acceptors (Lipinski definition) is 5. The van der Waals surface area contributed by atoms with E-state index >= 15 is 0 Å². The molecule has 1 heterocycles. The van der Waals surface area contributed by atoms with Crippen LogP contribution in [0.25, 0.3) is 0 Å². The highest BCUT2D eigenvalue weighted by Gasteiger charge is 2.11. The van der Waals surface area contributed by atoms with Gasteiger partial charge in [-0.15, -0.1) is 0 Å². The summed E-state index contributed by atoms with van der Waals surface area (Å²) in [4.78, 5) is 26.0. The van der Waals surface area contributed by atoms with Crippen LogP contribution < -0.4 is 10.6 Å². The Morgan fingerprint density at radius 1 is 1.38 bits per heavy atom. The zero-order chi connectivity index (χ0) is 15.2. The Balaban J connectivity index is 1.85. The largest absolute Gasteiger partial charge is 0.478 e. The molecule has 0 saturated carbocycles. The van der Waals surface area contributed by atoms with E-state index in [0.717, 1.165) is 12.1 Å². The van der Waals surface area contributed by atoms with Crippen LogP contribution in [0, 0.1) is 5.82 Å². The Bertz CT molecular complexity index is 645. The molecule has 1 aromatic heterocycles. The van der Waals surface area contributed by atoms with E-state index in [2.05, 4.69) is 20.8 Å². The van der Waals surface area contributed by atoms with Gasteiger partial charge < -0.3 is 20.3 Å². The molecule has 0 radical (unpaired) electrons. The van der Waals surface area contributed by atoms with Crippen molar-refractivity contribution in [1.29, 1.82) is 0 Å². The third-order valence-electron chi connectivity index (χ3n) is 2.49. The Kier molecular flexibility index (Phi) is 4.44. The number of aromatic nitrogens is 2. The molecule has 3 N–H and O–H groups in total. The van der Waals surface area contributed by atoms with Gasteiger partial charge >= 0.3 is 12.0 Å². The lowest BCUT2D eigenvalue weighted by Crippen LogP contribution is -2.30. The summed E-state index contributed by atoms with van der Waals surface area (Å²) < 4.78 is 18.2. The summed E-state index contributed by atoms with van der Waals surface area (Å²) in [6.45, 7) is 0.254. The number of rotatable bonds is 5. The van der Waals surface area contributed by atoms with Crippen molar-refractivity contribution in [3.8, 4) is 0 Å². The summed E-state index contributed by atoms with van der Waals surface area (Å²) in [5.41, 5.74) is -0.315. The number of carbonyl (C=O) groups excluding carboxylic acids is 1. The smallest absolute Gasteiger partial charge is 0.338 e. The molecule has 1 aromatic carbocycles. The fourth-order valence-electron chi connectivity index (χ4n) is 1.53. The molecule has 2 amide bonds. The monoisotopic (exact) mass is 294 g/mol. The highest BCUT2D eigenvalue weighted by Crippen LogP contribution is 2.14. The quantitative estimate of drug-likeness (QED) is 0.764. The summed E-state index contributed by atoms with van der Waals surface area (Å²) in [5, 5.41) is 17.0. The maximum atomic E-state index is 13.4. The summed E-state index contributed by atoms with van der Waals surface area (Å²) in [7, 11) is 0. The zero-order valence-corrected chi connectivity index (χ0v) is 10.7. The Hall–Kier alpha value is -2.97. The van der Waals surface area contributed by atoms with Gasteiger partial charge in [0.15, 0.2) is 6.33 Å². The molecule has 2 rings (SSSR count). The van der Waals surface area contributed by atoms with Gasteiger partial charge in [-0.3, -0.25) is 0 Å². The van der Waals surface area contributed by atoms with Crippen LogP contribution in [0.3, 0.4) is 0 Å². The molecule has 0 saturated heterocycles. The summed E-state index contributed by atoms with van der Waals surface area (Å²) >= 11 is 0. The van der Waals surface area contributed by atoms with E-state index in [1.807, 2.05) is 0 Å². The summed E-state index contributed by atoms with van der Waals surface area (Å²) in [5.74, 6) is -1.92. The van der Waals surface area contributed by atoms with Gasteiger partial charge in [-0.1, -0.05) is 5.16 Å². The second kappa shape index (κ2) is 6.46. The third-order valence-corrected chi connectivity index (χ3v) is 2.49. The number of nitrogens with one attached hydrogen (secondary N) is 2. The van der Waals surface area contributed by atoms with Crippen molar-refractivity contribution >= 4 is 17.7 Å². The van der Waals surface area contributed by atoms with Crippen molar-refractivity contribution in [1.82, 2.24) is 15.5 Å². The molecule has 0 aliphatic rings. The van der Waals surface area contributed by atoms with Crippen LogP contribution in [0.4, 0.5) is 14.9 Å². The van der Waals surface area contributed by atoms with E-state index in [1.54, 1.807) is 0 Å². The number of urea groups is 1. The van der Waals surface area contributed by atoms with Crippen molar-refractivity contribution in [3.63, 3.8) is 0 Å². The van der Waals surface area contributed by atoms with Gasteiger partial charge in [-0.25, -0.2) is 14.0 Å². The van der Waals surface area contributed by atoms with Crippen molar-refractivity contribution in [2.24, 2.45) is 0 Å². The Labute approximate surface area is 118 Å². The molecule has 110 valence electrons. The molecule has 0 unspecified atom stereocenters. The lowest BCUT2D eigenvalue weighted by Gasteiger charge is -2.07. The van der Waals surface area contributed by atoms with E-state index in [1.165, 1.54) is 12.4 Å². The van der Waals surface area contributed by atoms with E-state index in [4.69, 9.17) is 9.63 Å². The number of halogens is 1. The minimum Gasteiger partial charge on any atom is -0.478 e. The lowest BCUT2D eigenvalue weighted by atomic mass is 10.2. The SMILES string of the molecule is O=C(NCCc1ncno1)Nc1ccc(C(=O)O)c(F)c1. The van der Waals surface area contributed by atoms with Crippen LogP contribution in [0.1, 0.15) is 16.2 Å². The van der Waals surface area contributed by atoms with Crippen LogP contribution in [0.15, 0.2) is 29.0 Å². The first kappa shape index (κ1) is 14.4. The number of carboxylic acid groups (broad SMARTS) is 1. The van der Waals surface area contributed by atoms with Crippen molar-refractivity contribution in [2.75, 3.05) is 11.9 Å². The number of nitrogens with zero attached hydrogens (tertiary/aromatic N) is 2. The number of benzene rings is 1. The lowest BCUT2D eigenvalue weighted by molar-refractivity contribution is 0.0692. The first-order valence-corrected chi connectivity index (χ1v) is 5.89. The van der Waals surface area contributed by atoms with E-state index < -0.39 is 23.4 Å². The Morgan fingerprint density at radius 3 is 2.81 bits per heavy atom. The molecule has 8 nitrogen and oxygen atoms in total. The van der Waals surface area contributed by atoms with E-state index in [0.29, 0.717) is 12.3 Å². The number of carbonyl (C=O) groups is 2. The minimum atomic E-state index is -1.37. The number of hydrogen-bond donors (Lipinski definition) is 3. The van der Waals surface area contributed by atoms with Gasteiger partial charge in [0.1, 0.15) is 5.82 Å². The van der Waals surface area contributed by atoms with Crippen molar-refractivity contribution < 1.29 is 23.6 Å². The van der Waals surface area contributed by atoms with Gasteiger partial charge in [-0.05, 0) is 18.2 Å². The third kappa shape index (κ3) is 4.00. The average molecular weight is 294 g/mol. The molecular formula is C12H11FN4O4. The summed E-state index contributed by atoms with van der Waals surface area (Å²) in [6, 6.07) is 2.74. The van der Waals surface area contributed by atoms with Crippen molar-refractivity contribution in [2.45, 2.75) is 6.42 Å². The summed E-state index contributed by atoms with van der Waals surface area (Å²) in [6.07, 6.45) is 1.61. The molecular weight excluding hydrogens is 283 g/mol. The molecule has 0 bridgehead atoms. The van der Waals surface area contributed by atoms with Gasteiger partial charge in [-0.2, -0.15) is 4.98 Å². The molecule has 9 heteroatoms. The predicted octanol–water partition coefficient (Wildman–Crippen LogP) is 1.27. The van der Waals surface area contributed by atoms with Gasteiger partial charge in [0.2, 0.25) is 5.89 Å². The van der Waals surface area contributed by atoms with E-state index in [9.17, 15) is 14.0 Å². The highest BCUT2D eigenvalue weighted by molar-refractivity contribution is 5.91. The first-order chi connectivity index (χ1) is 10.1. The predicted molar refractivity (Wildman–Crippen MR) is 68.4 cm³/mol. The second-order valence-corrected chi connectivity index (χ2v) is 3.97. The van der Waals surface area contributed by atoms with Crippen LogP contribution in [0.5, 0.6) is 0 Å². The van der Waals surface area contributed by atoms with Crippen LogP contribution in [-0.4, -0.2) is 33.8 Å². The standard InChI is InChI=1S/C12H11FN4O4/c13-9-5-7(1-2-8(9)11(18)19)17-12(20)14-4-3-10-15-6-16-21-10/h1-2,5-6H,3-4H2,(H,18,19)(H2,14,17,20). The molecule has 0 spiro atoms. The van der Waals surface area contributed by atoms with Gasteiger partial charge in [0.05, 0.1) is 5.56 Å². The molecule has 0 aliphatic heterocycles. The number of carboxylic acids is 1. The fourth-order valence-corrected chi connectivity index (χ4v) is 1.53.